The van der Waals surface area contributed by atoms with Crippen molar-refractivity contribution in [3.05, 3.63) is 77.8 Å². The zero-order valence-electron chi connectivity index (χ0n) is 21.0. The number of nitrogens with zero attached hydrogens (tertiary/aromatic N) is 2. The second kappa shape index (κ2) is 11.2. The molecule has 1 N–H and O–H groups in total. The van der Waals surface area contributed by atoms with E-state index in [1.165, 1.54) is 52.8 Å². The van der Waals surface area contributed by atoms with E-state index in [9.17, 15) is 21.6 Å². The zero-order chi connectivity index (χ0) is 27.6. The molecule has 0 saturated carbocycles. The highest BCUT2D eigenvalue weighted by molar-refractivity contribution is 7.92. The Balaban J connectivity index is 1.34. The van der Waals surface area contributed by atoms with E-state index < -0.39 is 32.1 Å². The summed E-state index contributed by atoms with van der Waals surface area (Å²) < 4.78 is 61.6. The lowest BCUT2D eigenvalue weighted by atomic mass is 10.2. The van der Waals surface area contributed by atoms with E-state index in [0.29, 0.717) is 29.5 Å². The molecule has 2 heterocycles. The first-order valence-electron chi connectivity index (χ1n) is 12.6. The maximum atomic E-state index is 13.5. The third kappa shape index (κ3) is 5.76. The Kier molecular flexibility index (Phi) is 7.86. The molecular weight excluding hydrogens is 562 g/mol. The number of carbonyl (C=O) groups excluding carboxylic acids is 1. The van der Waals surface area contributed by atoms with Crippen molar-refractivity contribution in [2.75, 3.05) is 29.3 Å². The number of halogens is 1. The molecule has 39 heavy (non-hydrogen) atoms. The fourth-order valence-corrected chi connectivity index (χ4v) is 7.78. The molecule has 0 bridgehead atoms. The van der Waals surface area contributed by atoms with Crippen LogP contribution in [0.4, 0.5) is 11.4 Å². The minimum Gasteiger partial charge on any atom is -0.476 e. The van der Waals surface area contributed by atoms with Gasteiger partial charge in [-0.25, -0.2) is 16.8 Å². The summed E-state index contributed by atoms with van der Waals surface area (Å²) in [7, 11) is -7.65. The Bertz CT molecular complexity index is 1550. The molecule has 206 valence electrons. The van der Waals surface area contributed by atoms with Gasteiger partial charge in [0.25, 0.3) is 15.9 Å². The SMILES string of the molecule is O=C(Nc1ccc(S(=O)(=O)N2CCCCCC2)cc1)[C@@H]1CN(S(=O)(=O)c2ccc(Cl)cc2)c2ccccc2O1. The van der Waals surface area contributed by atoms with Gasteiger partial charge >= 0.3 is 0 Å². The first kappa shape index (κ1) is 27.4. The molecule has 3 aromatic carbocycles. The smallest absolute Gasteiger partial charge is 0.267 e. The van der Waals surface area contributed by atoms with Crippen molar-refractivity contribution in [3.8, 4) is 5.75 Å². The molecule has 0 spiro atoms. The summed E-state index contributed by atoms with van der Waals surface area (Å²) in [6.45, 7) is 0.739. The number of para-hydroxylation sites is 2. The fourth-order valence-electron chi connectivity index (χ4n) is 4.66. The zero-order valence-corrected chi connectivity index (χ0v) is 23.4. The van der Waals surface area contributed by atoms with Gasteiger partial charge in [-0.05, 0) is 73.5 Å². The van der Waals surface area contributed by atoms with E-state index in [4.69, 9.17) is 16.3 Å². The summed E-state index contributed by atoms with van der Waals surface area (Å²) in [5.74, 6) is -0.315. The third-order valence-corrected chi connectivity index (χ3v) is 10.7. The van der Waals surface area contributed by atoms with Crippen molar-refractivity contribution in [2.45, 2.75) is 41.6 Å². The van der Waals surface area contributed by atoms with Gasteiger partial charge in [-0.1, -0.05) is 36.6 Å². The van der Waals surface area contributed by atoms with Crippen LogP contribution in [0, 0.1) is 0 Å². The summed E-state index contributed by atoms with van der Waals surface area (Å²) in [4.78, 5) is 13.4. The highest BCUT2D eigenvalue weighted by Crippen LogP contribution is 2.37. The minimum atomic E-state index is -4.02. The molecule has 0 unspecified atom stereocenters. The number of hydrogen-bond donors (Lipinski definition) is 1. The standard InChI is InChI=1S/C27H28ClN3O6S2/c28-20-9-13-23(14-10-20)39(35,36)31-19-26(37-25-8-4-3-7-24(25)31)27(32)29-21-11-15-22(16-12-21)38(33,34)30-17-5-1-2-6-18-30/h3-4,7-16,26H,1-2,5-6,17-19H2,(H,29,32)/t26-/m0/s1. The Labute approximate surface area is 233 Å². The van der Waals surface area contributed by atoms with Crippen LogP contribution >= 0.6 is 11.6 Å². The molecule has 3 aromatic rings. The van der Waals surface area contributed by atoms with Gasteiger partial charge in [-0.3, -0.25) is 9.10 Å². The van der Waals surface area contributed by atoms with Gasteiger partial charge < -0.3 is 10.1 Å². The maximum absolute atomic E-state index is 13.5. The molecule has 0 radical (unpaired) electrons. The molecule has 0 aliphatic carbocycles. The number of fused-ring (bicyclic) bond motifs is 1. The highest BCUT2D eigenvalue weighted by Gasteiger charge is 2.37. The van der Waals surface area contributed by atoms with Gasteiger partial charge in [0.1, 0.15) is 5.75 Å². The lowest BCUT2D eigenvalue weighted by molar-refractivity contribution is -0.122. The highest BCUT2D eigenvalue weighted by atomic mass is 35.5. The summed E-state index contributed by atoms with van der Waals surface area (Å²) in [6.07, 6.45) is 2.56. The Morgan fingerprint density at radius 3 is 2.05 bits per heavy atom. The molecule has 2 aliphatic rings. The van der Waals surface area contributed by atoms with Crippen LogP contribution in [0.1, 0.15) is 25.7 Å². The van der Waals surface area contributed by atoms with Crippen molar-refractivity contribution in [1.82, 2.24) is 4.31 Å². The number of sulfonamides is 2. The number of rotatable bonds is 6. The van der Waals surface area contributed by atoms with Crippen LogP contribution in [-0.4, -0.2) is 52.8 Å². The van der Waals surface area contributed by atoms with Crippen molar-refractivity contribution in [1.29, 1.82) is 0 Å². The Morgan fingerprint density at radius 2 is 1.38 bits per heavy atom. The van der Waals surface area contributed by atoms with E-state index >= 15 is 0 Å². The van der Waals surface area contributed by atoms with Gasteiger partial charge in [-0.15, -0.1) is 0 Å². The van der Waals surface area contributed by atoms with Crippen LogP contribution in [0.5, 0.6) is 5.75 Å². The fraction of sp³-hybridized carbons (Fsp3) is 0.296. The summed E-state index contributed by atoms with van der Waals surface area (Å²) in [5, 5.41) is 3.12. The number of anilines is 2. The lowest BCUT2D eigenvalue weighted by Gasteiger charge is -2.34. The number of carbonyl (C=O) groups is 1. The van der Waals surface area contributed by atoms with Crippen molar-refractivity contribution in [2.24, 2.45) is 0 Å². The van der Waals surface area contributed by atoms with Crippen LogP contribution < -0.4 is 14.4 Å². The maximum Gasteiger partial charge on any atom is 0.267 e. The molecule has 1 atom stereocenters. The molecule has 9 nitrogen and oxygen atoms in total. The topological polar surface area (TPSA) is 113 Å². The average Bonchev–Trinajstić information content (AvgIpc) is 3.23. The molecule has 1 amide bonds. The van der Waals surface area contributed by atoms with Crippen LogP contribution in [0.3, 0.4) is 0 Å². The molecule has 2 aliphatic heterocycles. The van der Waals surface area contributed by atoms with E-state index in [1.54, 1.807) is 24.3 Å². The third-order valence-electron chi connectivity index (χ3n) is 6.75. The van der Waals surface area contributed by atoms with Crippen LogP contribution in [0.25, 0.3) is 0 Å². The minimum absolute atomic E-state index is 0.0315. The number of hydrogen-bond acceptors (Lipinski definition) is 6. The number of ether oxygens (including phenoxy) is 1. The van der Waals surface area contributed by atoms with E-state index in [-0.39, 0.29) is 22.1 Å². The van der Waals surface area contributed by atoms with Crippen molar-refractivity contribution < 1.29 is 26.4 Å². The molecule has 0 aromatic heterocycles. The lowest BCUT2D eigenvalue weighted by Crippen LogP contribution is -2.48. The predicted molar refractivity (Wildman–Crippen MR) is 149 cm³/mol. The second-order valence-corrected chi connectivity index (χ2v) is 13.6. The van der Waals surface area contributed by atoms with Crippen LogP contribution in [0.15, 0.2) is 82.6 Å². The van der Waals surface area contributed by atoms with E-state index in [1.807, 2.05) is 0 Å². The molecule has 1 saturated heterocycles. The van der Waals surface area contributed by atoms with E-state index in [0.717, 1.165) is 30.0 Å². The average molecular weight is 590 g/mol. The number of nitrogens with one attached hydrogen (secondary N) is 1. The van der Waals surface area contributed by atoms with E-state index in [2.05, 4.69) is 5.32 Å². The summed E-state index contributed by atoms with van der Waals surface area (Å²) in [5.41, 5.74) is 0.684. The van der Waals surface area contributed by atoms with Gasteiger partial charge in [0, 0.05) is 23.8 Å². The first-order valence-corrected chi connectivity index (χ1v) is 15.9. The summed E-state index contributed by atoms with van der Waals surface area (Å²) in [6, 6.07) is 18.3. The van der Waals surface area contributed by atoms with Crippen LogP contribution in [-0.2, 0) is 24.8 Å². The molecular formula is C27H28ClN3O6S2. The monoisotopic (exact) mass is 589 g/mol. The Morgan fingerprint density at radius 1 is 0.795 bits per heavy atom. The number of benzene rings is 3. The van der Waals surface area contributed by atoms with Gasteiger partial charge in [0.2, 0.25) is 10.0 Å². The largest absolute Gasteiger partial charge is 0.476 e. The van der Waals surface area contributed by atoms with Crippen LogP contribution in [0.2, 0.25) is 5.02 Å². The summed E-state index contributed by atoms with van der Waals surface area (Å²) >= 11 is 5.93. The second-order valence-electron chi connectivity index (χ2n) is 9.40. The van der Waals surface area contributed by atoms with Crippen molar-refractivity contribution in [3.63, 3.8) is 0 Å². The molecule has 12 heteroatoms. The Hall–Kier alpha value is -3.12. The molecule has 5 rings (SSSR count). The van der Waals surface area contributed by atoms with Crippen molar-refractivity contribution >= 4 is 48.9 Å². The first-order chi connectivity index (χ1) is 18.7. The van der Waals surface area contributed by atoms with Gasteiger partial charge in [0.15, 0.2) is 6.10 Å². The number of amides is 1. The predicted octanol–water partition coefficient (Wildman–Crippen LogP) is 4.50. The van der Waals surface area contributed by atoms with Gasteiger partial charge in [0.05, 0.1) is 22.0 Å². The normalized spacial score (nSPS) is 18.5. The van der Waals surface area contributed by atoms with Gasteiger partial charge in [-0.2, -0.15) is 4.31 Å². The quantitative estimate of drug-likeness (QED) is 0.453. The molecule has 1 fully saturated rings.